The fourth-order valence-electron chi connectivity index (χ4n) is 3.68. The summed E-state index contributed by atoms with van der Waals surface area (Å²) in [7, 11) is 0. The van der Waals surface area contributed by atoms with E-state index in [1.54, 1.807) is 12.4 Å². The first-order valence-electron chi connectivity index (χ1n) is 9.95. The second-order valence-corrected chi connectivity index (χ2v) is 7.49. The Morgan fingerprint density at radius 1 is 1.09 bits per heavy atom. The predicted octanol–water partition coefficient (Wildman–Crippen LogP) is 2.40. The fraction of sp³-hybridized carbons (Fsp3) is 0.429. The number of anilines is 1. The molecule has 2 aliphatic rings. The third kappa shape index (κ3) is 5.72. The Hall–Kier alpha value is -3.21. The van der Waals surface area contributed by atoms with Crippen molar-refractivity contribution in [1.82, 2.24) is 14.9 Å². The maximum atomic E-state index is 12.9. The molecule has 1 aromatic heterocycles. The van der Waals surface area contributed by atoms with Crippen molar-refractivity contribution < 1.29 is 32.6 Å². The average Bonchev–Trinajstić information content (AvgIpc) is 3.05. The maximum Gasteiger partial charge on any atom is 0.490 e. The van der Waals surface area contributed by atoms with Crippen LogP contribution in [0, 0.1) is 12.8 Å². The Labute approximate surface area is 182 Å². The van der Waals surface area contributed by atoms with Crippen LogP contribution in [0.2, 0.25) is 0 Å². The van der Waals surface area contributed by atoms with Crippen molar-refractivity contribution in [1.29, 1.82) is 0 Å². The van der Waals surface area contributed by atoms with Crippen LogP contribution in [0.5, 0.6) is 0 Å². The molecule has 8 nitrogen and oxygen atoms in total. The number of alkyl halides is 3. The molecule has 1 N–H and O–H groups in total. The third-order valence-electron chi connectivity index (χ3n) is 5.27. The van der Waals surface area contributed by atoms with E-state index in [1.807, 2.05) is 42.2 Å². The summed E-state index contributed by atoms with van der Waals surface area (Å²) < 4.78 is 37.8. The Morgan fingerprint density at radius 2 is 1.75 bits per heavy atom. The van der Waals surface area contributed by atoms with Gasteiger partial charge in [0.1, 0.15) is 0 Å². The number of carbonyl (C=O) groups excluding carboxylic acids is 1. The number of carbonyl (C=O) groups is 2. The molecule has 1 aromatic carbocycles. The number of halogens is 3. The van der Waals surface area contributed by atoms with Crippen LogP contribution < -0.4 is 4.90 Å². The van der Waals surface area contributed by atoms with Gasteiger partial charge in [0.05, 0.1) is 12.7 Å². The van der Waals surface area contributed by atoms with Crippen molar-refractivity contribution in [3.63, 3.8) is 0 Å². The largest absolute Gasteiger partial charge is 0.490 e. The van der Waals surface area contributed by atoms with E-state index in [4.69, 9.17) is 14.6 Å². The molecule has 2 atom stereocenters. The first kappa shape index (κ1) is 23.5. The van der Waals surface area contributed by atoms with Crippen LogP contribution in [-0.4, -0.2) is 76.9 Å². The van der Waals surface area contributed by atoms with Crippen molar-refractivity contribution in [3.8, 4) is 0 Å². The monoisotopic (exact) mass is 452 g/mol. The van der Waals surface area contributed by atoms with E-state index in [0.717, 1.165) is 30.2 Å². The lowest BCUT2D eigenvalue weighted by molar-refractivity contribution is -0.192. The number of carboxylic acid groups (broad SMARTS) is 1. The average molecular weight is 452 g/mol. The predicted molar refractivity (Wildman–Crippen MR) is 108 cm³/mol. The van der Waals surface area contributed by atoms with E-state index in [1.165, 1.54) is 0 Å². The quantitative estimate of drug-likeness (QED) is 0.748. The highest BCUT2D eigenvalue weighted by Gasteiger charge is 2.39. The number of aromatic nitrogens is 2. The van der Waals surface area contributed by atoms with E-state index >= 15 is 0 Å². The van der Waals surface area contributed by atoms with Crippen LogP contribution in [0.1, 0.15) is 15.9 Å². The first-order chi connectivity index (χ1) is 15.2. The summed E-state index contributed by atoms with van der Waals surface area (Å²) in [6.07, 6.45) is -1.48. The number of fused-ring (bicyclic) bond motifs is 1. The molecule has 0 saturated carbocycles. The highest BCUT2D eigenvalue weighted by molar-refractivity contribution is 5.95. The number of aryl methyl sites for hydroxylation is 1. The first-order valence-corrected chi connectivity index (χ1v) is 9.95. The number of amides is 1. The molecular formula is C21H23F3N4O4. The molecule has 2 aromatic rings. The fourth-order valence-corrected chi connectivity index (χ4v) is 3.68. The second-order valence-electron chi connectivity index (χ2n) is 7.49. The summed E-state index contributed by atoms with van der Waals surface area (Å²) >= 11 is 0. The minimum absolute atomic E-state index is 0.0849. The lowest BCUT2D eigenvalue weighted by Gasteiger charge is -2.23. The summed E-state index contributed by atoms with van der Waals surface area (Å²) in [5.74, 6) is -1.65. The van der Waals surface area contributed by atoms with Gasteiger partial charge in [-0.25, -0.2) is 14.8 Å². The topological polar surface area (TPSA) is 95.9 Å². The molecule has 0 bridgehead atoms. The van der Waals surface area contributed by atoms with Crippen LogP contribution in [0.25, 0.3) is 0 Å². The van der Waals surface area contributed by atoms with Gasteiger partial charge in [0.15, 0.2) is 0 Å². The summed E-state index contributed by atoms with van der Waals surface area (Å²) in [4.78, 5) is 34.6. The van der Waals surface area contributed by atoms with E-state index in [0.29, 0.717) is 19.7 Å². The summed E-state index contributed by atoms with van der Waals surface area (Å²) in [5, 5.41) is 7.12. The Balaban J connectivity index is 0.000000360. The smallest absolute Gasteiger partial charge is 0.475 e. The number of carboxylic acids is 1. The molecule has 0 spiro atoms. The van der Waals surface area contributed by atoms with Gasteiger partial charge in [0, 0.05) is 50.1 Å². The van der Waals surface area contributed by atoms with Gasteiger partial charge in [-0.3, -0.25) is 4.79 Å². The number of benzene rings is 1. The number of hydrogen-bond acceptors (Lipinski definition) is 6. The molecule has 1 amide bonds. The Morgan fingerprint density at radius 3 is 2.38 bits per heavy atom. The van der Waals surface area contributed by atoms with Crippen LogP contribution in [-0.2, 0) is 9.53 Å². The molecule has 32 heavy (non-hydrogen) atoms. The lowest BCUT2D eigenvalue weighted by Crippen LogP contribution is -2.35. The van der Waals surface area contributed by atoms with Gasteiger partial charge in [-0.2, -0.15) is 13.2 Å². The van der Waals surface area contributed by atoms with Crippen molar-refractivity contribution >= 4 is 17.8 Å². The van der Waals surface area contributed by atoms with Crippen LogP contribution in [0.15, 0.2) is 42.7 Å². The normalized spacial score (nSPS) is 20.6. The van der Waals surface area contributed by atoms with E-state index in [-0.39, 0.29) is 17.9 Å². The molecule has 2 fully saturated rings. The number of likely N-dealkylation sites (tertiary alicyclic amines) is 1. The van der Waals surface area contributed by atoms with Gasteiger partial charge in [0.25, 0.3) is 5.91 Å². The molecule has 0 unspecified atom stereocenters. The lowest BCUT2D eigenvalue weighted by atomic mass is 10.1. The summed E-state index contributed by atoms with van der Waals surface area (Å²) in [6, 6.07) is 9.57. The van der Waals surface area contributed by atoms with Crippen LogP contribution in [0.4, 0.5) is 19.1 Å². The van der Waals surface area contributed by atoms with Crippen LogP contribution >= 0.6 is 0 Å². The molecule has 0 aliphatic carbocycles. The molecule has 0 radical (unpaired) electrons. The van der Waals surface area contributed by atoms with Gasteiger partial charge >= 0.3 is 12.1 Å². The summed E-state index contributed by atoms with van der Waals surface area (Å²) in [6.45, 7) is 5.57. The zero-order valence-corrected chi connectivity index (χ0v) is 17.3. The molecule has 4 rings (SSSR count). The molecule has 11 heteroatoms. The molecule has 172 valence electrons. The van der Waals surface area contributed by atoms with Crippen molar-refractivity contribution in [2.45, 2.75) is 19.2 Å². The molecule has 2 saturated heterocycles. The maximum absolute atomic E-state index is 12.9. The molecule has 3 heterocycles. The number of rotatable bonds is 2. The number of ether oxygens (including phenoxy) is 1. The number of hydrogen-bond donors (Lipinski definition) is 1. The van der Waals surface area contributed by atoms with Gasteiger partial charge in [0.2, 0.25) is 5.95 Å². The highest BCUT2D eigenvalue weighted by atomic mass is 19.4. The van der Waals surface area contributed by atoms with Gasteiger partial charge in [-0.1, -0.05) is 18.2 Å². The zero-order chi connectivity index (χ0) is 23.3. The highest BCUT2D eigenvalue weighted by Crippen LogP contribution is 2.26. The van der Waals surface area contributed by atoms with E-state index in [2.05, 4.69) is 14.9 Å². The van der Waals surface area contributed by atoms with Crippen molar-refractivity contribution in [2.24, 2.45) is 5.92 Å². The SMILES string of the molecule is Cc1ccccc1C(=O)N1C[C@@H]2CN(c3ncccn3)CCO[C@@H]2C1.O=C(O)C(F)(F)F. The van der Waals surface area contributed by atoms with Gasteiger partial charge in [-0.05, 0) is 24.6 Å². The minimum Gasteiger partial charge on any atom is -0.475 e. The Bertz CT molecular complexity index is 942. The molecular weight excluding hydrogens is 429 g/mol. The Kier molecular flexibility index (Phi) is 7.29. The second kappa shape index (κ2) is 9.94. The van der Waals surface area contributed by atoms with E-state index in [9.17, 15) is 18.0 Å². The zero-order valence-electron chi connectivity index (χ0n) is 17.3. The minimum atomic E-state index is -5.08. The van der Waals surface area contributed by atoms with E-state index < -0.39 is 12.1 Å². The van der Waals surface area contributed by atoms with Crippen molar-refractivity contribution in [3.05, 3.63) is 53.9 Å². The number of nitrogens with zero attached hydrogens (tertiary/aromatic N) is 4. The van der Waals surface area contributed by atoms with Gasteiger partial charge in [-0.15, -0.1) is 0 Å². The summed E-state index contributed by atoms with van der Waals surface area (Å²) in [5.41, 5.74) is 1.79. The molecule has 2 aliphatic heterocycles. The van der Waals surface area contributed by atoms with Gasteiger partial charge < -0.3 is 19.6 Å². The number of aliphatic carboxylic acids is 1. The third-order valence-corrected chi connectivity index (χ3v) is 5.27. The standard InChI is InChI=1S/C19H22N4O2.C2HF3O2/c1-14-5-2-3-6-16(14)18(24)23-12-15-11-22(9-10-25-17(15)13-23)19-20-7-4-8-21-19;3-2(4,5)1(6)7/h2-8,15,17H,9-13H2,1H3;(H,6,7)/t15-,17+;/m0./s1. The van der Waals surface area contributed by atoms with Crippen LogP contribution in [0.3, 0.4) is 0 Å². The van der Waals surface area contributed by atoms with Crippen molar-refractivity contribution in [2.75, 3.05) is 37.7 Å².